The predicted molar refractivity (Wildman–Crippen MR) is 103 cm³/mol. The van der Waals surface area contributed by atoms with Crippen LogP contribution < -0.4 is 4.74 Å². The minimum absolute atomic E-state index is 0.00376. The highest BCUT2D eigenvalue weighted by Crippen LogP contribution is 2.24. The van der Waals surface area contributed by atoms with Gasteiger partial charge in [0.25, 0.3) is 5.91 Å². The van der Waals surface area contributed by atoms with Gasteiger partial charge in [0.2, 0.25) is 5.91 Å². The minimum Gasteiger partial charge on any atom is -0.463 e. The highest BCUT2D eigenvalue weighted by atomic mass is 16.5. The van der Waals surface area contributed by atoms with Crippen molar-refractivity contribution in [3.63, 3.8) is 0 Å². The molecule has 0 spiro atoms. The molecule has 0 aromatic carbocycles. The molecule has 2 aliphatic rings. The SMILES string of the molecule is O=C1CC(COc2ncccn2)CN1CC1CCN(C(=O)c2ccnnc2)CC1. The third kappa shape index (κ3) is 4.85. The van der Waals surface area contributed by atoms with E-state index in [0.29, 0.717) is 50.2 Å². The van der Waals surface area contributed by atoms with E-state index in [1.807, 2.05) is 9.80 Å². The molecule has 2 aromatic rings. The maximum Gasteiger partial charge on any atom is 0.316 e. The molecule has 2 amide bonds. The summed E-state index contributed by atoms with van der Waals surface area (Å²) in [7, 11) is 0. The van der Waals surface area contributed by atoms with Crippen molar-refractivity contribution < 1.29 is 14.3 Å². The Morgan fingerprint density at radius 3 is 2.62 bits per heavy atom. The largest absolute Gasteiger partial charge is 0.463 e. The molecule has 0 aliphatic carbocycles. The molecule has 2 aliphatic heterocycles. The number of amides is 2. The molecule has 1 atom stereocenters. The fraction of sp³-hybridized carbons (Fsp3) is 0.500. The fourth-order valence-corrected chi connectivity index (χ4v) is 3.92. The Hall–Kier alpha value is -3.10. The smallest absolute Gasteiger partial charge is 0.316 e. The molecule has 4 heterocycles. The van der Waals surface area contributed by atoms with Gasteiger partial charge in [-0.2, -0.15) is 10.2 Å². The summed E-state index contributed by atoms with van der Waals surface area (Å²) >= 11 is 0. The third-order valence-corrected chi connectivity index (χ3v) is 5.50. The number of hydrogen-bond acceptors (Lipinski definition) is 7. The standard InChI is InChI=1S/C20H24N6O3/c27-18-10-16(14-29-20-21-5-1-6-22-20)13-26(18)12-15-3-8-25(9-4-15)19(28)17-2-7-23-24-11-17/h1-2,5-7,11,15-16H,3-4,8-10,12-14H2. The van der Waals surface area contributed by atoms with Crippen molar-refractivity contribution in [2.24, 2.45) is 11.8 Å². The lowest BCUT2D eigenvalue weighted by atomic mass is 9.96. The number of nitrogens with zero attached hydrogens (tertiary/aromatic N) is 6. The molecule has 0 radical (unpaired) electrons. The number of likely N-dealkylation sites (tertiary alicyclic amines) is 2. The maximum atomic E-state index is 12.5. The van der Waals surface area contributed by atoms with Crippen LogP contribution in [0.2, 0.25) is 0 Å². The third-order valence-electron chi connectivity index (χ3n) is 5.50. The number of carbonyl (C=O) groups is 2. The lowest BCUT2D eigenvalue weighted by Crippen LogP contribution is -2.42. The molecule has 152 valence electrons. The molecule has 9 heteroatoms. The van der Waals surface area contributed by atoms with Crippen molar-refractivity contribution in [1.82, 2.24) is 30.0 Å². The van der Waals surface area contributed by atoms with Crippen molar-refractivity contribution in [3.8, 4) is 6.01 Å². The zero-order valence-corrected chi connectivity index (χ0v) is 16.2. The van der Waals surface area contributed by atoms with Crippen LogP contribution in [0.4, 0.5) is 0 Å². The maximum absolute atomic E-state index is 12.5. The molecule has 2 saturated heterocycles. The van der Waals surface area contributed by atoms with Crippen LogP contribution >= 0.6 is 0 Å². The second-order valence-corrected chi connectivity index (χ2v) is 7.58. The van der Waals surface area contributed by atoms with Crippen molar-refractivity contribution >= 4 is 11.8 Å². The Labute approximate surface area is 169 Å². The Morgan fingerprint density at radius 1 is 1.10 bits per heavy atom. The van der Waals surface area contributed by atoms with Gasteiger partial charge in [-0.25, -0.2) is 9.97 Å². The highest BCUT2D eigenvalue weighted by molar-refractivity contribution is 5.93. The Morgan fingerprint density at radius 2 is 1.90 bits per heavy atom. The van der Waals surface area contributed by atoms with E-state index in [4.69, 9.17) is 4.74 Å². The van der Waals surface area contributed by atoms with Gasteiger partial charge in [0.1, 0.15) is 0 Å². The van der Waals surface area contributed by atoms with Crippen LogP contribution in [-0.2, 0) is 4.79 Å². The topological polar surface area (TPSA) is 101 Å². The van der Waals surface area contributed by atoms with Crippen LogP contribution in [0.15, 0.2) is 36.9 Å². The first-order valence-electron chi connectivity index (χ1n) is 9.92. The molecule has 0 bridgehead atoms. The van der Waals surface area contributed by atoms with E-state index in [9.17, 15) is 9.59 Å². The number of ether oxygens (including phenoxy) is 1. The first-order chi connectivity index (χ1) is 14.2. The lowest BCUT2D eigenvalue weighted by molar-refractivity contribution is -0.128. The molecular weight excluding hydrogens is 372 g/mol. The van der Waals surface area contributed by atoms with Gasteiger partial charge in [-0.05, 0) is 30.9 Å². The van der Waals surface area contributed by atoms with Gasteiger partial charge < -0.3 is 14.5 Å². The molecule has 9 nitrogen and oxygen atoms in total. The Kier molecular flexibility index (Phi) is 5.92. The lowest BCUT2D eigenvalue weighted by Gasteiger charge is -2.34. The normalized spacial score (nSPS) is 20.1. The molecule has 0 saturated carbocycles. The Bertz CT molecular complexity index is 827. The monoisotopic (exact) mass is 396 g/mol. The quantitative estimate of drug-likeness (QED) is 0.719. The summed E-state index contributed by atoms with van der Waals surface area (Å²) in [6.45, 7) is 3.29. The number of rotatable bonds is 6. The highest BCUT2D eigenvalue weighted by Gasteiger charge is 2.33. The average Bonchev–Trinajstić information content (AvgIpc) is 3.13. The summed E-state index contributed by atoms with van der Waals surface area (Å²) in [5, 5.41) is 7.49. The molecule has 0 N–H and O–H groups in total. The minimum atomic E-state index is -0.00376. The van der Waals surface area contributed by atoms with Gasteiger partial charge >= 0.3 is 6.01 Å². The molecule has 4 rings (SSSR count). The van der Waals surface area contributed by atoms with E-state index in [0.717, 1.165) is 19.4 Å². The van der Waals surface area contributed by atoms with Crippen LogP contribution in [0.1, 0.15) is 29.6 Å². The van der Waals surface area contributed by atoms with Crippen molar-refractivity contribution in [2.75, 3.05) is 32.8 Å². The van der Waals surface area contributed by atoms with E-state index in [-0.39, 0.29) is 17.7 Å². The summed E-state index contributed by atoms with van der Waals surface area (Å²) < 4.78 is 5.60. The molecular formula is C20H24N6O3. The van der Waals surface area contributed by atoms with Crippen molar-refractivity contribution in [1.29, 1.82) is 0 Å². The summed E-state index contributed by atoms with van der Waals surface area (Å²) in [5.74, 6) is 0.743. The first kappa shape index (κ1) is 19.2. The van der Waals surface area contributed by atoms with E-state index in [2.05, 4.69) is 20.2 Å². The van der Waals surface area contributed by atoms with Gasteiger partial charge in [-0.1, -0.05) is 0 Å². The van der Waals surface area contributed by atoms with Crippen LogP contribution in [0.25, 0.3) is 0 Å². The van der Waals surface area contributed by atoms with Crippen LogP contribution in [0, 0.1) is 11.8 Å². The zero-order valence-electron chi connectivity index (χ0n) is 16.2. The summed E-state index contributed by atoms with van der Waals surface area (Å²) in [4.78, 5) is 36.8. The predicted octanol–water partition coefficient (Wildman–Crippen LogP) is 1.05. The molecule has 2 fully saturated rings. The number of aromatic nitrogens is 4. The first-order valence-corrected chi connectivity index (χ1v) is 9.92. The van der Waals surface area contributed by atoms with E-state index in [1.54, 1.807) is 24.5 Å². The second kappa shape index (κ2) is 8.93. The van der Waals surface area contributed by atoms with Gasteiger partial charge in [0.15, 0.2) is 0 Å². The summed E-state index contributed by atoms with van der Waals surface area (Å²) in [5.41, 5.74) is 0.568. The number of piperidine rings is 1. The molecule has 2 aromatic heterocycles. The van der Waals surface area contributed by atoms with Crippen LogP contribution in [0.3, 0.4) is 0 Å². The molecule has 29 heavy (non-hydrogen) atoms. The summed E-state index contributed by atoms with van der Waals surface area (Å²) in [6, 6.07) is 3.77. The van der Waals surface area contributed by atoms with Crippen molar-refractivity contribution in [2.45, 2.75) is 19.3 Å². The van der Waals surface area contributed by atoms with Gasteiger partial charge in [-0.15, -0.1) is 0 Å². The molecule has 1 unspecified atom stereocenters. The fourth-order valence-electron chi connectivity index (χ4n) is 3.92. The Balaban J connectivity index is 1.22. The van der Waals surface area contributed by atoms with Crippen LogP contribution in [0.5, 0.6) is 6.01 Å². The second-order valence-electron chi connectivity index (χ2n) is 7.58. The van der Waals surface area contributed by atoms with Gasteiger partial charge in [0.05, 0.1) is 24.6 Å². The van der Waals surface area contributed by atoms with Crippen molar-refractivity contribution in [3.05, 3.63) is 42.5 Å². The zero-order chi connectivity index (χ0) is 20.1. The van der Waals surface area contributed by atoms with E-state index < -0.39 is 0 Å². The number of hydrogen-bond donors (Lipinski definition) is 0. The van der Waals surface area contributed by atoms with Gasteiger partial charge in [0, 0.05) is 50.9 Å². The van der Waals surface area contributed by atoms with E-state index in [1.165, 1.54) is 12.4 Å². The summed E-state index contributed by atoms with van der Waals surface area (Å²) in [6.07, 6.45) is 8.59. The average molecular weight is 396 g/mol. The van der Waals surface area contributed by atoms with E-state index >= 15 is 0 Å². The van der Waals surface area contributed by atoms with Gasteiger partial charge in [-0.3, -0.25) is 9.59 Å². The number of carbonyl (C=O) groups excluding carboxylic acids is 2. The van der Waals surface area contributed by atoms with Crippen LogP contribution in [-0.4, -0.2) is 74.6 Å².